The van der Waals surface area contributed by atoms with Gasteiger partial charge in [-0.1, -0.05) is 0 Å². The van der Waals surface area contributed by atoms with Crippen LogP contribution in [0.2, 0.25) is 0 Å². The molecule has 2 atom stereocenters. The van der Waals surface area contributed by atoms with E-state index in [0.717, 1.165) is 11.3 Å². The summed E-state index contributed by atoms with van der Waals surface area (Å²) in [5.74, 6) is -1.07. The van der Waals surface area contributed by atoms with Gasteiger partial charge in [0, 0.05) is 11.5 Å². The Hall–Kier alpha value is -1.84. The normalized spacial score (nSPS) is 22.0. The molecular weight excluding hydrogens is 220 g/mol. The number of hydrogen-bond acceptors (Lipinski definition) is 3. The zero-order valence-corrected chi connectivity index (χ0v) is 9.77. The zero-order valence-electron chi connectivity index (χ0n) is 9.77. The number of carboxylic acids is 1. The van der Waals surface area contributed by atoms with Gasteiger partial charge < -0.3 is 9.84 Å². The molecule has 1 aliphatic carbocycles. The summed E-state index contributed by atoms with van der Waals surface area (Å²) < 4.78 is 5.11. The van der Waals surface area contributed by atoms with Crippen molar-refractivity contribution in [3.05, 3.63) is 29.3 Å². The van der Waals surface area contributed by atoms with Crippen LogP contribution in [-0.2, 0) is 4.79 Å². The van der Waals surface area contributed by atoms with Crippen molar-refractivity contribution in [2.45, 2.75) is 13.3 Å². The molecule has 1 aromatic rings. The second-order valence-corrected chi connectivity index (χ2v) is 4.34. The van der Waals surface area contributed by atoms with Crippen LogP contribution in [-0.4, -0.2) is 24.0 Å². The molecule has 0 aromatic heterocycles. The quantitative estimate of drug-likeness (QED) is 0.808. The number of aryl methyl sites for hydroxylation is 1. The SMILES string of the molecule is COc1ccc(C(=O)C2CC2C(=O)O)cc1C. The highest BCUT2D eigenvalue weighted by Crippen LogP contribution is 2.41. The minimum atomic E-state index is -0.881. The molecule has 0 amide bonds. The Morgan fingerprint density at radius 3 is 2.53 bits per heavy atom. The molecule has 1 aromatic carbocycles. The summed E-state index contributed by atoms with van der Waals surface area (Å²) in [5.41, 5.74) is 1.45. The van der Waals surface area contributed by atoms with Gasteiger partial charge in [-0.3, -0.25) is 9.59 Å². The second kappa shape index (κ2) is 4.20. The van der Waals surface area contributed by atoms with Crippen LogP contribution in [0.5, 0.6) is 5.75 Å². The molecule has 4 heteroatoms. The minimum Gasteiger partial charge on any atom is -0.496 e. The molecule has 0 saturated heterocycles. The summed E-state index contributed by atoms with van der Waals surface area (Å²) in [6, 6.07) is 5.17. The third-order valence-electron chi connectivity index (χ3n) is 3.12. The Balaban J connectivity index is 2.16. The van der Waals surface area contributed by atoms with Crippen LogP contribution >= 0.6 is 0 Å². The number of carbonyl (C=O) groups is 2. The summed E-state index contributed by atoms with van der Waals surface area (Å²) in [4.78, 5) is 22.7. The van der Waals surface area contributed by atoms with Crippen LogP contribution in [0.4, 0.5) is 0 Å². The number of Topliss-reactive ketones (excluding diaryl/α,β-unsaturated/α-hetero) is 1. The number of aliphatic carboxylic acids is 1. The van der Waals surface area contributed by atoms with Gasteiger partial charge in [-0.05, 0) is 37.1 Å². The van der Waals surface area contributed by atoms with Gasteiger partial charge in [0.2, 0.25) is 0 Å². The van der Waals surface area contributed by atoms with E-state index in [-0.39, 0.29) is 11.7 Å². The molecule has 4 nitrogen and oxygen atoms in total. The summed E-state index contributed by atoms with van der Waals surface area (Å²) >= 11 is 0. The van der Waals surface area contributed by atoms with E-state index in [4.69, 9.17) is 9.84 Å². The van der Waals surface area contributed by atoms with Crippen molar-refractivity contribution < 1.29 is 19.4 Å². The highest BCUT2D eigenvalue weighted by molar-refractivity contribution is 6.02. The van der Waals surface area contributed by atoms with Gasteiger partial charge in [0.1, 0.15) is 5.75 Å². The van der Waals surface area contributed by atoms with Gasteiger partial charge in [-0.2, -0.15) is 0 Å². The van der Waals surface area contributed by atoms with Crippen LogP contribution in [0.3, 0.4) is 0 Å². The standard InChI is InChI=1S/C13H14O4/c1-7-5-8(3-4-11(7)17-2)12(14)9-6-10(9)13(15)16/h3-5,9-10H,6H2,1-2H3,(H,15,16). The third kappa shape index (κ3) is 2.16. The number of methoxy groups -OCH3 is 1. The van der Waals surface area contributed by atoms with Gasteiger partial charge in [0.25, 0.3) is 0 Å². The predicted octanol–water partition coefficient (Wildman–Crippen LogP) is 1.91. The van der Waals surface area contributed by atoms with E-state index >= 15 is 0 Å². The molecule has 2 unspecified atom stereocenters. The summed E-state index contributed by atoms with van der Waals surface area (Å²) in [6.45, 7) is 1.86. The van der Waals surface area contributed by atoms with Crippen LogP contribution in [0.1, 0.15) is 22.3 Å². The Morgan fingerprint density at radius 1 is 1.35 bits per heavy atom. The number of ketones is 1. The average Bonchev–Trinajstić information content (AvgIpc) is 3.08. The molecule has 2 rings (SSSR count). The number of carboxylic acid groups (broad SMARTS) is 1. The lowest BCUT2D eigenvalue weighted by Gasteiger charge is -2.06. The van der Waals surface area contributed by atoms with Crippen LogP contribution < -0.4 is 4.74 Å². The molecule has 1 aliphatic rings. The van der Waals surface area contributed by atoms with E-state index in [9.17, 15) is 9.59 Å². The number of benzene rings is 1. The minimum absolute atomic E-state index is 0.0804. The van der Waals surface area contributed by atoms with Gasteiger partial charge in [0.15, 0.2) is 5.78 Å². The monoisotopic (exact) mass is 234 g/mol. The molecule has 1 fully saturated rings. The molecule has 90 valence electrons. The van der Waals surface area contributed by atoms with Gasteiger partial charge >= 0.3 is 5.97 Å². The fourth-order valence-electron chi connectivity index (χ4n) is 2.00. The van der Waals surface area contributed by atoms with Crippen molar-refractivity contribution in [2.24, 2.45) is 11.8 Å². The van der Waals surface area contributed by atoms with Crippen molar-refractivity contribution in [3.8, 4) is 5.75 Å². The Labute approximate surface area is 99.2 Å². The first-order valence-electron chi connectivity index (χ1n) is 5.46. The van der Waals surface area contributed by atoms with E-state index in [1.54, 1.807) is 25.3 Å². The maximum absolute atomic E-state index is 12.0. The van der Waals surface area contributed by atoms with Crippen molar-refractivity contribution in [1.82, 2.24) is 0 Å². The molecule has 0 bridgehead atoms. The molecule has 0 radical (unpaired) electrons. The van der Waals surface area contributed by atoms with Crippen LogP contribution in [0, 0.1) is 18.8 Å². The van der Waals surface area contributed by atoms with E-state index in [1.165, 1.54) is 0 Å². The summed E-state index contributed by atoms with van der Waals surface area (Å²) in [6.07, 6.45) is 0.458. The van der Waals surface area contributed by atoms with Crippen molar-refractivity contribution >= 4 is 11.8 Å². The number of hydrogen-bond donors (Lipinski definition) is 1. The molecule has 0 aliphatic heterocycles. The first-order chi connectivity index (χ1) is 8.04. The lowest BCUT2D eigenvalue weighted by atomic mass is 10.0. The highest BCUT2D eigenvalue weighted by Gasteiger charge is 2.48. The lowest BCUT2D eigenvalue weighted by molar-refractivity contribution is -0.138. The molecule has 1 N–H and O–H groups in total. The fraction of sp³-hybridized carbons (Fsp3) is 0.385. The van der Waals surface area contributed by atoms with E-state index in [0.29, 0.717) is 12.0 Å². The van der Waals surface area contributed by atoms with Crippen molar-refractivity contribution in [2.75, 3.05) is 7.11 Å². The predicted molar refractivity (Wildman–Crippen MR) is 61.3 cm³/mol. The van der Waals surface area contributed by atoms with Gasteiger partial charge in [-0.25, -0.2) is 0 Å². The molecule has 0 spiro atoms. The highest BCUT2D eigenvalue weighted by atomic mass is 16.5. The van der Waals surface area contributed by atoms with Gasteiger partial charge in [-0.15, -0.1) is 0 Å². The number of ether oxygens (including phenoxy) is 1. The number of carbonyl (C=O) groups excluding carboxylic acids is 1. The average molecular weight is 234 g/mol. The second-order valence-electron chi connectivity index (χ2n) is 4.34. The zero-order chi connectivity index (χ0) is 12.6. The molecule has 17 heavy (non-hydrogen) atoms. The van der Waals surface area contributed by atoms with Crippen molar-refractivity contribution in [1.29, 1.82) is 0 Å². The first kappa shape index (κ1) is 11.6. The summed E-state index contributed by atoms with van der Waals surface area (Å²) in [5, 5.41) is 8.78. The maximum atomic E-state index is 12.0. The Kier molecular flexibility index (Phi) is 2.88. The molecule has 1 saturated carbocycles. The maximum Gasteiger partial charge on any atom is 0.307 e. The topological polar surface area (TPSA) is 63.6 Å². The largest absolute Gasteiger partial charge is 0.496 e. The van der Waals surface area contributed by atoms with Gasteiger partial charge in [0.05, 0.1) is 13.0 Å². The molecule has 0 heterocycles. The number of rotatable bonds is 4. The van der Waals surface area contributed by atoms with E-state index in [1.807, 2.05) is 6.92 Å². The smallest absolute Gasteiger partial charge is 0.307 e. The lowest BCUT2D eigenvalue weighted by Crippen LogP contribution is -2.08. The summed E-state index contributed by atoms with van der Waals surface area (Å²) in [7, 11) is 1.57. The third-order valence-corrected chi connectivity index (χ3v) is 3.12. The first-order valence-corrected chi connectivity index (χ1v) is 5.46. The fourth-order valence-corrected chi connectivity index (χ4v) is 2.00. The van der Waals surface area contributed by atoms with Crippen molar-refractivity contribution in [3.63, 3.8) is 0 Å². The van der Waals surface area contributed by atoms with Crippen LogP contribution in [0.15, 0.2) is 18.2 Å². The van der Waals surface area contributed by atoms with E-state index < -0.39 is 11.9 Å². The van der Waals surface area contributed by atoms with E-state index in [2.05, 4.69) is 0 Å². The van der Waals surface area contributed by atoms with Crippen LogP contribution in [0.25, 0.3) is 0 Å². The molecular formula is C13H14O4. The Bertz CT molecular complexity index is 478. The Morgan fingerprint density at radius 2 is 2.06 bits per heavy atom.